The second-order valence-corrected chi connectivity index (χ2v) is 5.77. The number of anilines is 1. The van der Waals surface area contributed by atoms with Gasteiger partial charge in [0.2, 0.25) is 0 Å². The molecule has 0 radical (unpaired) electrons. The predicted molar refractivity (Wildman–Crippen MR) is 103 cm³/mol. The molecule has 0 N–H and O–H groups in total. The maximum atomic E-state index is 12.4. The molecule has 26 heavy (non-hydrogen) atoms. The first kappa shape index (κ1) is 19.4. The van der Waals surface area contributed by atoms with E-state index in [0.29, 0.717) is 39.9 Å². The van der Waals surface area contributed by atoms with Gasteiger partial charge in [-0.05, 0) is 48.9 Å². The second kappa shape index (κ2) is 8.93. The summed E-state index contributed by atoms with van der Waals surface area (Å²) < 4.78 is 10.8. The number of hydrogen-bond donors (Lipinski definition) is 0. The van der Waals surface area contributed by atoms with E-state index in [-0.39, 0.29) is 5.91 Å². The Hall–Kier alpha value is -2.97. The van der Waals surface area contributed by atoms with Gasteiger partial charge in [0.25, 0.3) is 5.91 Å². The van der Waals surface area contributed by atoms with Crippen molar-refractivity contribution in [2.45, 2.75) is 6.92 Å². The molecule has 0 saturated heterocycles. The molecule has 0 bridgehead atoms. The Kier molecular flexibility index (Phi) is 6.65. The van der Waals surface area contributed by atoms with Crippen LogP contribution in [0.25, 0.3) is 6.08 Å². The van der Waals surface area contributed by atoms with Gasteiger partial charge in [-0.1, -0.05) is 17.7 Å². The highest BCUT2D eigenvalue weighted by molar-refractivity contribution is 6.32. The molecule has 0 fully saturated rings. The number of carbonyl (C=O) groups is 1. The highest BCUT2D eigenvalue weighted by Crippen LogP contribution is 2.36. The van der Waals surface area contributed by atoms with Gasteiger partial charge in [0.1, 0.15) is 0 Å². The first-order valence-electron chi connectivity index (χ1n) is 7.96. The first-order valence-corrected chi connectivity index (χ1v) is 8.34. The number of benzene rings is 2. The van der Waals surface area contributed by atoms with Gasteiger partial charge in [-0.3, -0.25) is 4.79 Å². The fraction of sp³-hybridized carbons (Fsp3) is 0.200. The van der Waals surface area contributed by atoms with Crippen LogP contribution in [0.2, 0.25) is 5.02 Å². The summed E-state index contributed by atoms with van der Waals surface area (Å²) in [7, 11) is 3.17. The molecule has 6 heteroatoms. The molecule has 2 aromatic rings. The Bertz CT molecular complexity index is 872. The average Bonchev–Trinajstić information content (AvgIpc) is 2.65. The summed E-state index contributed by atoms with van der Waals surface area (Å²) in [6.45, 7) is 2.33. The molecule has 0 aliphatic heterocycles. The zero-order valence-corrected chi connectivity index (χ0v) is 15.6. The number of nitrogens with zero attached hydrogens (tertiary/aromatic N) is 2. The summed E-state index contributed by atoms with van der Waals surface area (Å²) in [5.74, 6) is 0.747. The van der Waals surface area contributed by atoms with E-state index >= 15 is 0 Å². The van der Waals surface area contributed by atoms with E-state index in [1.54, 1.807) is 49.5 Å². The lowest BCUT2D eigenvalue weighted by atomic mass is 10.1. The molecule has 134 valence electrons. The third kappa shape index (κ3) is 4.56. The maximum absolute atomic E-state index is 12.4. The number of rotatable bonds is 6. The lowest BCUT2D eigenvalue weighted by Crippen LogP contribution is -2.23. The lowest BCUT2D eigenvalue weighted by molar-refractivity contribution is -0.113. The van der Waals surface area contributed by atoms with E-state index in [1.165, 1.54) is 18.1 Å². The first-order chi connectivity index (χ1) is 12.5. The van der Waals surface area contributed by atoms with Crippen LogP contribution >= 0.6 is 11.6 Å². The van der Waals surface area contributed by atoms with Gasteiger partial charge < -0.3 is 14.4 Å². The van der Waals surface area contributed by atoms with E-state index in [9.17, 15) is 4.79 Å². The summed E-state index contributed by atoms with van der Waals surface area (Å²) >= 11 is 6.21. The lowest BCUT2D eigenvalue weighted by Gasteiger charge is -2.15. The van der Waals surface area contributed by atoms with Crippen LogP contribution in [0, 0.1) is 11.3 Å². The molecule has 2 aromatic carbocycles. The number of amides is 1. The van der Waals surface area contributed by atoms with Gasteiger partial charge in [0.15, 0.2) is 11.5 Å². The Morgan fingerprint density at radius 2 is 2.12 bits per heavy atom. The summed E-state index contributed by atoms with van der Waals surface area (Å²) in [6.07, 6.45) is 3.09. The van der Waals surface area contributed by atoms with E-state index in [4.69, 9.17) is 26.3 Å². The summed E-state index contributed by atoms with van der Waals surface area (Å²) in [4.78, 5) is 13.9. The second-order valence-electron chi connectivity index (χ2n) is 5.36. The molecular formula is C20H19ClN2O3. The number of likely N-dealkylation sites (N-methyl/N-ethyl adjacent to an activating group) is 1. The maximum Gasteiger partial charge on any atom is 0.250 e. The Morgan fingerprint density at radius 3 is 2.77 bits per heavy atom. The van der Waals surface area contributed by atoms with Crippen LogP contribution in [0.5, 0.6) is 11.5 Å². The zero-order chi connectivity index (χ0) is 19.1. The van der Waals surface area contributed by atoms with E-state index in [2.05, 4.69) is 6.07 Å². The van der Waals surface area contributed by atoms with Crippen LogP contribution < -0.4 is 14.4 Å². The van der Waals surface area contributed by atoms with Crippen molar-refractivity contribution < 1.29 is 14.3 Å². The number of ether oxygens (including phenoxy) is 2. The smallest absolute Gasteiger partial charge is 0.250 e. The molecule has 2 rings (SSSR count). The Balaban J connectivity index is 2.23. The van der Waals surface area contributed by atoms with Gasteiger partial charge >= 0.3 is 0 Å². The molecule has 0 aliphatic rings. The van der Waals surface area contributed by atoms with Gasteiger partial charge in [-0.15, -0.1) is 0 Å². The fourth-order valence-corrected chi connectivity index (χ4v) is 2.63. The van der Waals surface area contributed by atoms with Crippen molar-refractivity contribution in [2.75, 3.05) is 25.7 Å². The Labute approximate surface area is 158 Å². The van der Waals surface area contributed by atoms with Crippen LogP contribution in [0.1, 0.15) is 18.1 Å². The van der Waals surface area contributed by atoms with Crippen molar-refractivity contribution in [3.63, 3.8) is 0 Å². The van der Waals surface area contributed by atoms with Crippen LogP contribution in [0.3, 0.4) is 0 Å². The molecule has 0 aromatic heterocycles. The van der Waals surface area contributed by atoms with E-state index in [1.807, 2.05) is 6.92 Å². The number of nitriles is 1. The summed E-state index contributed by atoms with van der Waals surface area (Å²) in [6, 6.07) is 12.4. The SMILES string of the molecule is CCOc1cc(/C=C/C(=O)N(C)c2cccc(C#N)c2)cc(Cl)c1OC. The number of carbonyl (C=O) groups excluding carboxylic acids is 1. The molecule has 0 aliphatic carbocycles. The quantitative estimate of drug-likeness (QED) is 0.711. The van der Waals surface area contributed by atoms with Gasteiger partial charge in [-0.2, -0.15) is 5.26 Å². The molecule has 0 saturated carbocycles. The third-order valence-electron chi connectivity index (χ3n) is 3.65. The molecule has 5 nitrogen and oxygen atoms in total. The van der Waals surface area contributed by atoms with Gasteiger partial charge in [0.05, 0.1) is 30.4 Å². The van der Waals surface area contributed by atoms with Crippen molar-refractivity contribution in [1.82, 2.24) is 0 Å². The van der Waals surface area contributed by atoms with Crippen molar-refractivity contribution in [2.24, 2.45) is 0 Å². The van der Waals surface area contributed by atoms with E-state index < -0.39 is 0 Å². The van der Waals surface area contributed by atoms with Crippen LogP contribution in [0.4, 0.5) is 5.69 Å². The van der Waals surface area contributed by atoms with Crippen LogP contribution in [-0.4, -0.2) is 26.7 Å². The zero-order valence-electron chi connectivity index (χ0n) is 14.8. The topological polar surface area (TPSA) is 62.6 Å². The van der Waals surface area contributed by atoms with E-state index in [0.717, 1.165) is 0 Å². The van der Waals surface area contributed by atoms with Crippen LogP contribution in [0.15, 0.2) is 42.5 Å². The Morgan fingerprint density at radius 1 is 1.35 bits per heavy atom. The summed E-state index contributed by atoms with van der Waals surface area (Å²) in [5.41, 5.74) is 1.85. The minimum Gasteiger partial charge on any atom is -0.491 e. The predicted octanol–water partition coefficient (Wildman–Crippen LogP) is 4.30. The molecule has 0 heterocycles. The number of halogens is 1. The molecular weight excluding hydrogens is 352 g/mol. The van der Waals surface area contributed by atoms with Gasteiger partial charge in [0, 0.05) is 18.8 Å². The van der Waals surface area contributed by atoms with Crippen molar-refractivity contribution in [3.05, 3.63) is 58.6 Å². The number of methoxy groups -OCH3 is 1. The van der Waals surface area contributed by atoms with Crippen molar-refractivity contribution in [3.8, 4) is 17.6 Å². The van der Waals surface area contributed by atoms with Crippen molar-refractivity contribution in [1.29, 1.82) is 5.26 Å². The number of hydrogen-bond acceptors (Lipinski definition) is 4. The van der Waals surface area contributed by atoms with Gasteiger partial charge in [-0.25, -0.2) is 0 Å². The monoisotopic (exact) mass is 370 g/mol. The largest absolute Gasteiger partial charge is 0.491 e. The third-order valence-corrected chi connectivity index (χ3v) is 3.93. The minimum absolute atomic E-state index is 0.231. The molecule has 0 unspecified atom stereocenters. The highest BCUT2D eigenvalue weighted by atomic mass is 35.5. The highest BCUT2D eigenvalue weighted by Gasteiger charge is 2.12. The molecule has 1 amide bonds. The molecule has 0 spiro atoms. The average molecular weight is 371 g/mol. The summed E-state index contributed by atoms with van der Waals surface area (Å²) in [5, 5.41) is 9.37. The van der Waals surface area contributed by atoms with Crippen molar-refractivity contribution >= 4 is 29.3 Å². The normalized spacial score (nSPS) is 10.4. The molecule has 0 atom stereocenters. The fourth-order valence-electron chi connectivity index (χ4n) is 2.34. The minimum atomic E-state index is -0.231. The van der Waals surface area contributed by atoms with Crippen LogP contribution in [-0.2, 0) is 4.79 Å². The standard InChI is InChI=1S/C20H19ClN2O3/c1-4-26-18-12-14(11-17(21)20(18)25-3)8-9-19(24)23(2)16-7-5-6-15(10-16)13-22/h5-12H,4H2,1-3H3/b9-8+.